The van der Waals surface area contributed by atoms with E-state index in [-0.39, 0.29) is 17.7 Å². The minimum absolute atomic E-state index is 0.0386. The predicted octanol–water partition coefficient (Wildman–Crippen LogP) is 5.96. The predicted molar refractivity (Wildman–Crippen MR) is 129 cm³/mol. The maximum absolute atomic E-state index is 13.1. The van der Waals surface area contributed by atoms with Crippen LogP contribution in [0.1, 0.15) is 33.8 Å². The lowest BCUT2D eigenvalue weighted by Crippen LogP contribution is -2.15. The molecule has 32 heavy (non-hydrogen) atoms. The first kappa shape index (κ1) is 20.7. The lowest BCUT2D eigenvalue weighted by atomic mass is 10.1. The van der Waals surface area contributed by atoms with Crippen LogP contribution in [0, 0.1) is 19.8 Å². The van der Waals surface area contributed by atoms with Gasteiger partial charge < -0.3 is 10.6 Å². The Morgan fingerprint density at radius 2 is 1.91 bits per heavy atom. The largest absolute Gasteiger partial charge is 0.326 e. The molecule has 2 heterocycles. The quantitative estimate of drug-likeness (QED) is 0.382. The second-order valence-electron chi connectivity index (χ2n) is 8.05. The fraction of sp³-hybridized carbons (Fsp3) is 0.208. The van der Waals surface area contributed by atoms with Crippen LogP contribution in [0.4, 0.5) is 11.4 Å². The molecular formula is C24H21ClN4O2S. The standard InChI is InChI=1S/C24H21ClN4O2S/c1-13-6-9-17(26-22(30)15-7-8-15)11-20(13)27-23(31)21-12-19-14(2)28-29(24(19)32-21)18-5-3-4-16(25)10-18/h3-6,9-12,15H,7-8H2,1-2H3,(H,26,30)(H,27,31). The Kier molecular flexibility index (Phi) is 5.23. The van der Waals surface area contributed by atoms with E-state index < -0.39 is 0 Å². The molecule has 1 fully saturated rings. The second kappa shape index (κ2) is 8.07. The minimum Gasteiger partial charge on any atom is -0.326 e. The van der Waals surface area contributed by atoms with Gasteiger partial charge >= 0.3 is 0 Å². The fourth-order valence-electron chi connectivity index (χ4n) is 3.55. The Bertz CT molecular complexity index is 1370. The second-order valence-corrected chi connectivity index (χ2v) is 9.52. The van der Waals surface area contributed by atoms with E-state index >= 15 is 0 Å². The van der Waals surface area contributed by atoms with Gasteiger partial charge in [-0.25, -0.2) is 4.68 Å². The summed E-state index contributed by atoms with van der Waals surface area (Å²) in [5.74, 6) is -0.0381. The molecule has 0 bridgehead atoms. The Balaban J connectivity index is 1.42. The highest BCUT2D eigenvalue weighted by Gasteiger charge is 2.29. The molecule has 5 rings (SSSR count). The van der Waals surface area contributed by atoms with Gasteiger partial charge in [-0.15, -0.1) is 11.3 Å². The number of amides is 2. The summed E-state index contributed by atoms with van der Waals surface area (Å²) in [7, 11) is 0. The molecular weight excluding hydrogens is 444 g/mol. The van der Waals surface area contributed by atoms with Crippen molar-refractivity contribution in [3.63, 3.8) is 0 Å². The molecule has 0 atom stereocenters. The summed E-state index contributed by atoms with van der Waals surface area (Å²) < 4.78 is 1.82. The highest BCUT2D eigenvalue weighted by molar-refractivity contribution is 7.20. The number of nitrogens with one attached hydrogen (secondary N) is 2. The number of carbonyl (C=O) groups is 2. The van der Waals surface area contributed by atoms with E-state index in [9.17, 15) is 9.59 Å². The van der Waals surface area contributed by atoms with E-state index in [1.165, 1.54) is 11.3 Å². The summed E-state index contributed by atoms with van der Waals surface area (Å²) in [6.45, 7) is 3.85. The van der Waals surface area contributed by atoms with E-state index in [0.717, 1.165) is 40.0 Å². The van der Waals surface area contributed by atoms with Gasteiger partial charge in [0.1, 0.15) is 4.83 Å². The zero-order valence-electron chi connectivity index (χ0n) is 17.6. The molecule has 0 saturated heterocycles. The summed E-state index contributed by atoms with van der Waals surface area (Å²) in [6, 6.07) is 14.9. The summed E-state index contributed by atoms with van der Waals surface area (Å²) in [5.41, 5.74) is 3.97. The normalized spacial score (nSPS) is 13.3. The molecule has 2 aromatic heterocycles. The van der Waals surface area contributed by atoms with Crippen LogP contribution in [0.3, 0.4) is 0 Å². The Morgan fingerprint density at radius 3 is 2.66 bits per heavy atom. The van der Waals surface area contributed by atoms with Crippen LogP contribution in [0.2, 0.25) is 5.02 Å². The number of hydrogen-bond acceptors (Lipinski definition) is 4. The Hall–Kier alpha value is -3.16. The number of aryl methyl sites for hydroxylation is 2. The van der Waals surface area contributed by atoms with Gasteiger partial charge in [-0.05, 0) is 68.7 Å². The lowest BCUT2D eigenvalue weighted by Gasteiger charge is -2.11. The summed E-state index contributed by atoms with van der Waals surface area (Å²) in [4.78, 5) is 26.6. The Morgan fingerprint density at radius 1 is 1.09 bits per heavy atom. The number of thiophene rings is 1. The first-order valence-electron chi connectivity index (χ1n) is 10.4. The van der Waals surface area contributed by atoms with Crippen molar-refractivity contribution in [2.45, 2.75) is 26.7 Å². The zero-order chi connectivity index (χ0) is 22.4. The first-order chi connectivity index (χ1) is 15.4. The summed E-state index contributed by atoms with van der Waals surface area (Å²) >= 11 is 7.53. The molecule has 2 aromatic carbocycles. The molecule has 0 spiro atoms. The molecule has 6 nitrogen and oxygen atoms in total. The third kappa shape index (κ3) is 4.01. The van der Waals surface area contributed by atoms with Crippen molar-refractivity contribution >= 4 is 56.3 Å². The monoisotopic (exact) mass is 464 g/mol. The molecule has 1 saturated carbocycles. The number of hydrogen-bond donors (Lipinski definition) is 2. The smallest absolute Gasteiger partial charge is 0.265 e. The third-order valence-electron chi connectivity index (χ3n) is 5.52. The number of halogens is 1. The maximum atomic E-state index is 13.1. The average Bonchev–Trinajstić information content (AvgIpc) is 3.45. The first-order valence-corrected chi connectivity index (χ1v) is 11.6. The number of aromatic nitrogens is 2. The molecule has 0 aliphatic heterocycles. The SMILES string of the molecule is Cc1ccc(NC(=O)C2CC2)cc1NC(=O)c1cc2c(C)nn(-c3cccc(Cl)c3)c2s1. The molecule has 1 aliphatic carbocycles. The molecule has 0 radical (unpaired) electrons. The molecule has 2 N–H and O–H groups in total. The average molecular weight is 465 g/mol. The van der Waals surface area contributed by atoms with Crippen LogP contribution in [0.15, 0.2) is 48.5 Å². The topological polar surface area (TPSA) is 76.0 Å². The van der Waals surface area contributed by atoms with Gasteiger partial charge in [-0.3, -0.25) is 9.59 Å². The van der Waals surface area contributed by atoms with Crippen LogP contribution < -0.4 is 10.6 Å². The van der Waals surface area contributed by atoms with Gasteiger partial charge in [0.05, 0.1) is 16.3 Å². The number of carbonyl (C=O) groups excluding carboxylic acids is 2. The van der Waals surface area contributed by atoms with Crippen LogP contribution in [-0.2, 0) is 4.79 Å². The summed E-state index contributed by atoms with van der Waals surface area (Å²) in [5, 5.41) is 12.1. The fourth-order valence-corrected chi connectivity index (χ4v) is 4.81. The van der Waals surface area contributed by atoms with Crippen molar-refractivity contribution in [2.75, 3.05) is 10.6 Å². The van der Waals surface area contributed by atoms with Gasteiger partial charge in [0.25, 0.3) is 5.91 Å². The minimum atomic E-state index is -0.197. The molecule has 162 valence electrons. The van der Waals surface area contributed by atoms with Crippen molar-refractivity contribution in [3.8, 4) is 5.69 Å². The van der Waals surface area contributed by atoms with E-state index in [2.05, 4.69) is 15.7 Å². The molecule has 8 heteroatoms. The van der Waals surface area contributed by atoms with Gasteiger partial charge in [0.2, 0.25) is 5.91 Å². The zero-order valence-corrected chi connectivity index (χ0v) is 19.2. The van der Waals surface area contributed by atoms with Crippen molar-refractivity contribution in [3.05, 3.63) is 69.7 Å². The lowest BCUT2D eigenvalue weighted by molar-refractivity contribution is -0.117. The van der Waals surface area contributed by atoms with Crippen LogP contribution >= 0.6 is 22.9 Å². The maximum Gasteiger partial charge on any atom is 0.265 e. The molecule has 0 unspecified atom stereocenters. The number of fused-ring (bicyclic) bond motifs is 1. The van der Waals surface area contributed by atoms with E-state index in [1.807, 2.05) is 61.0 Å². The molecule has 1 aliphatic rings. The van der Waals surface area contributed by atoms with Gasteiger partial charge in [-0.1, -0.05) is 23.7 Å². The van der Waals surface area contributed by atoms with Crippen LogP contribution in [0.5, 0.6) is 0 Å². The van der Waals surface area contributed by atoms with Gasteiger partial charge in [0.15, 0.2) is 0 Å². The third-order valence-corrected chi connectivity index (χ3v) is 6.87. The van der Waals surface area contributed by atoms with Crippen molar-refractivity contribution < 1.29 is 9.59 Å². The van der Waals surface area contributed by atoms with Crippen molar-refractivity contribution in [1.82, 2.24) is 9.78 Å². The van der Waals surface area contributed by atoms with Gasteiger partial charge in [0, 0.05) is 27.7 Å². The number of anilines is 2. The summed E-state index contributed by atoms with van der Waals surface area (Å²) in [6.07, 6.45) is 1.89. The van der Waals surface area contributed by atoms with Crippen LogP contribution in [-0.4, -0.2) is 21.6 Å². The van der Waals surface area contributed by atoms with E-state index in [1.54, 1.807) is 6.07 Å². The van der Waals surface area contributed by atoms with E-state index in [0.29, 0.717) is 21.3 Å². The number of benzene rings is 2. The van der Waals surface area contributed by atoms with Gasteiger partial charge in [-0.2, -0.15) is 5.10 Å². The highest BCUT2D eigenvalue weighted by Crippen LogP contribution is 2.33. The van der Waals surface area contributed by atoms with Crippen molar-refractivity contribution in [1.29, 1.82) is 0 Å². The van der Waals surface area contributed by atoms with Crippen LogP contribution in [0.25, 0.3) is 15.9 Å². The Labute approximate surface area is 194 Å². The number of rotatable bonds is 5. The van der Waals surface area contributed by atoms with E-state index in [4.69, 9.17) is 11.6 Å². The molecule has 2 amide bonds. The highest BCUT2D eigenvalue weighted by atomic mass is 35.5. The molecule has 4 aromatic rings. The number of nitrogens with zero attached hydrogens (tertiary/aromatic N) is 2. The van der Waals surface area contributed by atoms with Crippen molar-refractivity contribution in [2.24, 2.45) is 5.92 Å².